The number of pyridine rings is 1. The predicted molar refractivity (Wildman–Crippen MR) is 174 cm³/mol. The third-order valence-corrected chi connectivity index (χ3v) is 9.88. The van der Waals surface area contributed by atoms with E-state index in [1.54, 1.807) is 23.1 Å². The van der Waals surface area contributed by atoms with Gasteiger partial charge in [-0.2, -0.15) is 9.45 Å². The third-order valence-electron chi connectivity index (χ3n) is 8.41. The molecule has 2 aromatic carbocycles. The van der Waals surface area contributed by atoms with E-state index in [-0.39, 0.29) is 41.5 Å². The minimum Gasteiger partial charge on any atom is -0.619 e. The fourth-order valence-corrected chi connectivity index (χ4v) is 7.00. The molecule has 0 bridgehead atoms. The molecular formula is C32H40N8O6S. The first-order chi connectivity index (χ1) is 22.5. The van der Waals surface area contributed by atoms with E-state index in [0.717, 1.165) is 24.4 Å². The smallest absolute Gasteiger partial charge is 0.257 e. The maximum absolute atomic E-state index is 14.0. The maximum atomic E-state index is 14.0. The van der Waals surface area contributed by atoms with E-state index >= 15 is 0 Å². The number of nitrogens with zero attached hydrogens (tertiary/aromatic N) is 3. The Hall–Kier alpha value is -4.76. The number of nitrogens with two attached hydrogens (primary N) is 1. The number of carbonyl (C=O) groups is 3. The van der Waals surface area contributed by atoms with Crippen LogP contribution in [0.25, 0.3) is 10.8 Å². The fraction of sp³-hybridized carbons (Fsp3) is 0.406. The molecule has 15 heteroatoms. The highest BCUT2D eigenvalue weighted by molar-refractivity contribution is 7.89. The molecule has 47 heavy (non-hydrogen) atoms. The largest absolute Gasteiger partial charge is 0.619 e. The standard InChI is InChI=1S/C32H40N8O6S/c33-32(34)38-14-3-5-22(20-38)19-36-29(41)18-28(37-47(45,46)27-12-9-23-6-1-2-7-24(23)17-27)31(43)40(26-10-11-26)16-13-35-30(42)25-8-4-15-39(44)21-25/h1-2,4,6-9,12,15,17,21-22,26,28,37H,3,5,10-11,13-14,16,18-20H2,(H3,33,34)(H,35,42)(H,36,41)/t22-,28-/m0/s1. The average Bonchev–Trinajstić information content (AvgIpc) is 3.90. The number of benzene rings is 2. The summed E-state index contributed by atoms with van der Waals surface area (Å²) in [4.78, 5) is 43.0. The number of guanidine groups is 1. The number of hydrogen-bond acceptors (Lipinski definition) is 7. The topological polar surface area (TPSA) is 205 Å². The predicted octanol–water partition coefficient (Wildman–Crippen LogP) is 0.653. The van der Waals surface area contributed by atoms with Gasteiger partial charge in [-0.25, -0.2) is 8.42 Å². The summed E-state index contributed by atoms with van der Waals surface area (Å²) in [6.07, 6.45) is 5.03. The van der Waals surface area contributed by atoms with Crippen molar-refractivity contribution in [2.45, 2.75) is 49.1 Å². The zero-order valence-corrected chi connectivity index (χ0v) is 26.7. The van der Waals surface area contributed by atoms with Gasteiger partial charge in [0, 0.05) is 44.8 Å². The summed E-state index contributed by atoms with van der Waals surface area (Å²) in [5.74, 6) is -1.53. The molecule has 1 saturated carbocycles. The SMILES string of the molecule is N=C(N)N1CCC[C@@H](CNC(=O)C[C@H](NS(=O)(=O)c2ccc3ccccc3c2)C(=O)N(CCNC(=O)c2ccc[n+]([O-])c2)C2CC2)C1. The van der Waals surface area contributed by atoms with Gasteiger partial charge in [-0.1, -0.05) is 30.3 Å². The molecule has 0 radical (unpaired) electrons. The van der Waals surface area contributed by atoms with Gasteiger partial charge in [0.2, 0.25) is 21.8 Å². The second kappa shape index (κ2) is 14.8. The van der Waals surface area contributed by atoms with Crippen LogP contribution in [0.15, 0.2) is 71.9 Å². The normalized spacial score (nSPS) is 17.1. The van der Waals surface area contributed by atoms with Gasteiger partial charge in [0.05, 0.1) is 11.3 Å². The van der Waals surface area contributed by atoms with Gasteiger partial charge in [-0.05, 0) is 60.6 Å². The van der Waals surface area contributed by atoms with E-state index in [1.807, 2.05) is 12.1 Å². The molecule has 1 saturated heterocycles. The first-order valence-electron chi connectivity index (χ1n) is 15.6. The number of likely N-dealkylation sites (tertiary alicyclic amines) is 1. The molecule has 2 aliphatic rings. The van der Waals surface area contributed by atoms with Crippen LogP contribution in [0.5, 0.6) is 0 Å². The van der Waals surface area contributed by atoms with Gasteiger partial charge in [-0.15, -0.1) is 0 Å². The Kier molecular flexibility index (Phi) is 10.6. The van der Waals surface area contributed by atoms with Crippen LogP contribution in [0.3, 0.4) is 0 Å². The van der Waals surface area contributed by atoms with E-state index in [0.29, 0.717) is 42.6 Å². The molecule has 2 fully saturated rings. The summed E-state index contributed by atoms with van der Waals surface area (Å²) in [6, 6.07) is 13.3. The van der Waals surface area contributed by atoms with Crippen molar-refractivity contribution in [3.8, 4) is 0 Å². The number of sulfonamides is 1. The Morgan fingerprint density at radius 3 is 2.55 bits per heavy atom. The lowest BCUT2D eigenvalue weighted by Crippen LogP contribution is -2.53. The maximum Gasteiger partial charge on any atom is 0.257 e. The summed E-state index contributed by atoms with van der Waals surface area (Å²) in [5, 5.41) is 26.4. The van der Waals surface area contributed by atoms with Gasteiger partial charge in [-0.3, -0.25) is 19.8 Å². The van der Waals surface area contributed by atoms with Crippen LogP contribution in [0.2, 0.25) is 0 Å². The summed E-state index contributed by atoms with van der Waals surface area (Å²) >= 11 is 0. The first-order valence-corrected chi connectivity index (χ1v) is 17.1. The van der Waals surface area contributed by atoms with Gasteiger partial charge in [0.15, 0.2) is 18.4 Å². The molecule has 14 nitrogen and oxygen atoms in total. The number of amides is 3. The molecule has 5 rings (SSSR count). The van der Waals surface area contributed by atoms with Crippen molar-refractivity contribution < 1.29 is 27.5 Å². The van der Waals surface area contributed by atoms with Gasteiger partial charge < -0.3 is 31.4 Å². The van der Waals surface area contributed by atoms with E-state index in [4.69, 9.17) is 11.1 Å². The molecule has 6 N–H and O–H groups in total. The first kappa shape index (κ1) is 33.6. The number of fused-ring (bicyclic) bond motifs is 1. The summed E-state index contributed by atoms with van der Waals surface area (Å²) in [7, 11) is -4.23. The lowest BCUT2D eigenvalue weighted by atomic mass is 9.98. The molecule has 1 aliphatic heterocycles. The van der Waals surface area contributed by atoms with Crippen molar-refractivity contribution in [3.63, 3.8) is 0 Å². The Balaban J connectivity index is 1.30. The molecule has 1 aromatic heterocycles. The number of piperidine rings is 1. The minimum atomic E-state index is -4.23. The average molecular weight is 665 g/mol. The monoisotopic (exact) mass is 664 g/mol. The lowest BCUT2D eigenvalue weighted by molar-refractivity contribution is -0.605. The van der Waals surface area contributed by atoms with E-state index in [1.165, 1.54) is 35.4 Å². The summed E-state index contributed by atoms with van der Waals surface area (Å²) in [5.41, 5.74) is 5.81. The molecule has 3 aromatic rings. The molecule has 0 unspecified atom stereocenters. The zero-order valence-electron chi connectivity index (χ0n) is 25.9. The Labute approximate surface area is 273 Å². The molecule has 1 aliphatic carbocycles. The van der Waals surface area contributed by atoms with Crippen molar-refractivity contribution >= 4 is 44.5 Å². The lowest BCUT2D eigenvalue weighted by Gasteiger charge is -2.33. The minimum absolute atomic E-state index is 0.0241. The van der Waals surface area contributed by atoms with Crippen LogP contribution in [0, 0.1) is 16.5 Å². The van der Waals surface area contributed by atoms with E-state index in [2.05, 4.69) is 15.4 Å². The second-order valence-corrected chi connectivity index (χ2v) is 13.7. The molecule has 250 valence electrons. The van der Waals surface area contributed by atoms with Gasteiger partial charge >= 0.3 is 0 Å². The summed E-state index contributed by atoms with van der Waals surface area (Å²) < 4.78 is 30.3. The van der Waals surface area contributed by atoms with Crippen LogP contribution >= 0.6 is 0 Å². The van der Waals surface area contributed by atoms with Crippen LogP contribution in [-0.2, 0) is 19.6 Å². The van der Waals surface area contributed by atoms with Crippen LogP contribution in [-0.4, -0.2) is 86.7 Å². The third kappa shape index (κ3) is 8.95. The highest BCUT2D eigenvalue weighted by atomic mass is 32.2. The van der Waals surface area contributed by atoms with E-state index < -0.39 is 40.2 Å². The number of carbonyl (C=O) groups excluding carboxylic acids is 3. The molecule has 0 spiro atoms. The zero-order chi connectivity index (χ0) is 33.6. The van der Waals surface area contributed by atoms with Crippen molar-refractivity contribution in [2.75, 3.05) is 32.7 Å². The number of hydrogen-bond donors (Lipinski definition) is 5. The van der Waals surface area contributed by atoms with Gasteiger partial charge in [0.25, 0.3) is 5.91 Å². The van der Waals surface area contributed by atoms with Crippen molar-refractivity contribution in [1.29, 1.82) is 5.41 Å². The van der Waals surface area contributed by atoms with Crippen LogP contribution < -0.4 is 25.8 Å². The van der Waals surface area contributed by atoms with Crippen molar-refractivity contribution in [3.05, 3.63) is 77.8 Å². The van der Waals surface area contributed by atoms with Crippen LogP contribution in [0.1, 0.15) is 42.5 Å². The van der Waals surface area contributed by atoms with Gasteiger partial charge in [0.1, 0.15) is 11.6 Å². The summed E-state index contributed by atoms with van der Waals surface area (Å²) in [6.45, 7) is 1.62. The van der Waals surface area contributed by atoms with E-state index in [9.17, 15) is 28.0 Å². The highest BCUT2D eigenvalue weighted by Crippen LogP contribution is 2.28. The Bertz CT molecular complexity index is 1750. The van der Waals surface area contributed by atoms with Crippen molar-refractivity contribution in [2.24, 2.45) is 11.7 Å². The fourth-order valence-electron chi connectivity index (χ4n) is 5.78. The number of rotatable bonds is 13. The quantitative estimate of drug-likeness (QED) is 0.0758. The Morgan fingerprint density at radius 1 is 1.06 bits per heavy atom. The molecule has 2 heterocycles. The number of nitrogens with one attached hydrogen (secondary N) is 4. The molecule has 2 atom stereocenters. The molecular weight excluding hydrogens is 624 g/mol. The van der Waals surface area contributed by atoms with Crippen LogP contribution in [0.4, 0.5) is 0 Å². The van der Waals surface area contributed by atoms with Crippen molar-refractivity contribution in [1.82, 2.24) is 25.2 Å². The Morgan fingerprint density at radius 2 is 1.83 bits per heavy atom. The molecule has 3 amide bonds. The highest BCUT2D eigenvalue weighted by Gasteiger charge is 2.38. The second-order valence-electron chi connectivity index (χ2n) is 12.0. The number of aromatic nitrogens is 1.